The maximum absolute atomic E-state index is 2.58. The highest BCUT2D eigenvalue weighted by molar-refractivity contribution is 6.21. The smallest absolute Gasteiger partial charge is 0.0726 e. The van der Waals surface area contributed by atoms with Gasteiger partial charge in [0.2, 0.25) is 0 Å². The molecule has 1 nitrogen and oxygen atoms in total. The third-order valence-electron chi connectivity index (χ3n) is 14.8. The Morgan fingerprint density at radius 2 is 0.836 bits per heavy atom. The van der Waals surface area contributed by atoms with Gasteiger partial charge in [-0.3, -0.25) is 0 Å². The zero-order valence-electron chi connectivity index (χ0n) is 34.0. The fourth-order valence-electron chi connectivity index (χ4n) is 12.3. The first-order valence-corrected chi connectivity index (χ1v) is 21.6. The second kappa shape index (κ2) is 11.6. The molecule has 0 fully saturated rings. The van der Waals surface area contributed by atoms with Gasteiger partial charge in [-0.2, -0.15) is 0 Å². The van der Waals surface area contributed by atoms with Crippen LogP contribution in [0.4, 0.5) is 17.1 Å². The molecule has 1 heteroatoms. The van der Waals surface area contributed by atoms with Crippen LogP contribution in [0, 0.1) is 0 Å². The molecule has 0 radical (unpaired) electrons. The molecule has 4 aliphatic carbocycles. The van der Waals surface area contributed by atoms with Crippen molar-refractivity contribution in [2.45, 2.75) is 24.7 Å². The van der Waals surface area contributed by atoms with E-state index in [0.29, 0.717) is 0 Å². The average molecular weight is 774 g/mol. The molecule has 0 N–H and O–H groups in total. The van der Waals surface area contributed by atoms with Gasteiger partial charge in [0.05, 0.1) is 11.1 Å². The number of anilines is 3. The number of hydrogen-bond acceptors (Lipinski definition) is 1. The zero-order chi connectivity index (χ0) is 40.2. The third kappa shape index (κ3) is 4.07. The van der Waals surface area contributed by atoms with E-state index in [1.54, 1.807) is 0 Å². The van der Waals surface area contributed by atoms with E-state index < -0.39 is 5.41 Å². The molecule has 284 valence electrons. The van der Waals surface area contributed by atoms with Crippen molar-refractivity contribution in [1.29, 1.82) is 0 Å². The highest BCUT2D eigenvalue weighted by Gasteiger charge is 2.53. The van der Waals surface area contributed by atoms with Crippen molar-refractivity contribution in [3.8, 4) is 55.6 Å². The standard InChI is InChI=1S/C60H39N/c1-59(2)50-25-10-7-20-42(50)44-31-29-37(33-53(44)59)61(56-28-13-16-36-15-3-4-17-39(36)56)38-30-32-45-43-21-8-11-26-51(43)60(54(45)34-38)52-27-12-9-22-47(52)58-48-24-14-23-46-40-18-5-6-19-41(40)49(57(46)48)35-55(58)60/h3-35H,1-2H3. The minimum Gasteiger partial charge on any atom is -0.310 e. The molecule has 0 bridgehead atoms. The molecule has 0 saturated carbocycles. The first-order chi connectivity index (χ1) is 30.0. The van der Waals surface area contributed by atoms with Crippen LogP contribution >= 0.6 is 0 Å². The number of nitrogens with zero attached hydrogens (tertiary/aromatic N) is 1. The van der Waals surface area contributed by atoms with E-state index in [1.165, 1.54) is 116 Å². The van der Waals surface area contributed by atoms with E-state index in [4.69, 9.17) is 0 Å². The number of benzene rings is 10. The summed E-state index contributed by atoms with van der Waals surface area (Å²) in [4.78, 5) is 2.53. The van der Waals surface area contributed by atoms with Crippen molar-refractivity contribution in [2.75, 3.05) is 4.90 Å². The molecule has 10 aromatic carbocycles. The van der Waals surface area contributed by atoms with E-state index in [9.17, 15) is 0 Å². The van der Waals surface area contributed by atoms with Crippen LogP contribution in [0.15, 0.2) is 200 Å². The SMILES string of the molecule is CC1(C)c2ccccc2-c2ccc(N(c3ccc4c(c3)C3(c5ccccc5-4)c4ccccc4-c4c3cc3c5c(cccc45)-c4ccccc4-3)c3cccc4ccccc34)cc21. The molecule has 0 amide bonds. The van der Waals surface area contributed by atoms with Gasteiger partial charge in [-0.25, -0.2) is 0 Å². The van der Waals surface area contributed by atoms with Crippen molar-refractivity contribution in [2.24, 2.45) is 0 Å². The Morgan fingerprint density at radius 1 is 0.328 bits per heavy atom. The Labute approximate surface area is 355 Å². The lowest BCUT2D eigenvalue weighted by Gasteiger charge is -2.33. The zero-order valence-corrected chi connectivity index (χ0v) is 34.0. The monoisotopic (exact) mass is 773 g/mol. The summed E-state index contributed by atoms with van der Waals surface area (Å²) in [6.07, 6.45) is 0. The normalized spacial score (nSPS) is 16.2. The predicted molar refractivity (Wildman–Crippen MR) is 254 cm³/mol. The molecule has 61 heavy (non-hydrogen) atoms. The molecular formula is C60H39N. The fraction of sp³-hybridized carbons (Fsp3) is 0.0667. The second-order valence-electron chi connectivity index (χ2n) is 17.9. The van der Waals surface area contributed by atoms with Gasteiger partial charge in [-0.05, 0) is 142 Å². The summed E-state index contributed by atoms with van der Waals surface area (Å²) in [5.41, 5.74) is 24.3. The summed E-state index contributed by atoms with van der Waals surface area (Å²) in [7, 11) is 0. The topological polar surface area (TPSA) is 3.24 Å². The first kappa shape index (κ1) is 33.4. The molecule has 14 rings (SSSR count). The van der Waals surface area contributed by atoms with Crippen molar-refractivity contribution < 1.29 is 0 Å². The Bertz CT molecular complexity index is 3580. The highest BCUT2D eigenvalue weighted by Crippen LogP contribution is 2.66. The highest BCUT2D eigenvalue weighted by atomic mass is 15.1. The lowest BCUT2D eigenvalue weighted by atomic mass is 9.70. The Balaban J connectivity index is 1.07. The van der Waals surface area contributed by atoms with Crippen molar-refractivity contribution in [1.82, 2.24) is 0 Å². The first-order valence-electron chi connectivity index (χ1n) is 21.6. The predicted octanol–water partition coefficient (Wildman–Crippen LogP) is 15.8. The molecule has 10 aromatic rings. The maximum atomic E-state index is 2.58. The molecule has 0 heterocycles. The fourth-order valence-corrected chi connectivity index (χ4v) is 12.3. The van der Waals surface area contributed by atoms with Crippen LogP contribution < -0.4 is 4.90 Å². The van der Waals surface area contributed by atoms with Gasteiger partial charge in [-0.1, -0.05) is 178 Å². The summed E-state index contributed by atoms with van der Waals surface area (Å²) >= 11 is 0. The molecule has 0 aliphatic heterocycles. The average Bonchev–Trinajstić information content (AvgIpc) is 3.98. The lowest BCUT2D eigenvalue weighted by Crippen LogP contribution is -2.26. The summed E-state index contributed by atoms with van der Waals surface area (Å²) in [6, 6.07) is 76.0. The Kier molecular flexibility index (Phi) is 6.36. The van der Waals surface area contributed by atoms with Crippen LogP contribution in [-0.2, 0) is 10.8 Å². The largest absolute Gasteiger partial charge is 0.310 e. The van der Waals surface area contributed by atoms with Gasteiger partial charge in [0.15, 0.2) is 0 Å². The van der Waals surface area contributed by atoms with Crippen LogP contribution in [0.2, 0.25) is 0 Å². The Hall–Kier alpha value is -7.48. The molecular weight excluding hydrogens is 735 g/mol. The van der Waals surface area contributed by atoms with Crippen molar-refractivity contribution in [3.63, 3.8) is 0 Å². The van der Waals surface area contributed by atoms with Gasteiger partial charge in [0.1, 0.15) is 0 Å². The third-order valence-corrected chi connectivity index (χ3v) is 14.8. The van der Waals surface area contributed by atoms with Crippen LogP contribution in [-0.4, -0.2) is 0 Å². The molecule has 0 aromatic heterocycles. The minimum atomic E-state index is -0.516. The molecule has 0 saturated heterocycles. The van der Waals surface area contributed by atoms with Crippen molar-refractivity contribution >= 4 is 38.6 Å². The van der Waals surface area contributed by atoms with Crippen LogP contribution in [0.25, 0.3) is 77.2 Å². The van der Waals surface area contributed by atoms with Gasteiger partial charge < -0.3 is 4.90 Å². The summed E-state index contributed by atoms with van der Waals surface area (Å²) < 4.78 is 0. The molecule has 1 atom stereocenters. The van der Waals surface area contributed by atoms with Gasteiger partial charge >= 0.3 is 0 Å². The van der Waals surface area contributed by atoms with Gasteiger partial charge in [0, 0.05) is 22.2 Å². The van der Waals surface area contributed by atoms with Gasteiger partial charge in [0.25, 0.3) is 0 Å². The summed E-state index contributed by atoms with van der Waals surface area (Å²) in [6.45, 7) is 4.76. The van der Waals surface area contributed by atoms with Crippen LogP contribution in [0.1, 0.15) is 47.2 Å². The molecule has 1 spiro atoms. The number of hydrogen-bond donors (Lipinski definition) is 0. The second-order valence-corrected chi connectivity index (χ2v) is 17.9. The quantitative estimate of drug-likeness (QED) is 0.173. The summed E-state index contributed by atoms with van der Waals surface area (Å²) in [5.74, 6) is 0. The van der Waals surface area contributed by atoms with E-state index in [0.717, 1.165) is 11.4 Å². The van der Waals surface area contributed by atoms with E-state index >= 15 is 0 Å². The lowest BCUT2D eigenvalue weighted by molar-refractivity contribution is 0.660. The van der Waals surface area contributed by atoms with Crippen molar-refractivity contribution in [3.05, 3.63) is 234 Å². The van der Waals surface area contributed by atoms with E-state index in [-0.39, 0.29) is 5.41 Å². The van der Waals surface area contributed by atoms with E-state index in [2.05, 4.69) is 219 Å². The van der Waals surface area contributed by atoms with Crippen LogP contribution in [0.3, 0.4) is 0 Å². The van der Waals surface area contributed by atoms with E-state index in [1.807, 2.05) is 0 Å². The molecule has 1 unspecified atom stereocenters. The van der Waals surface area contributed by atoms with Gasteiger partial charge in [-0.15, -0.1) is 0 Å². The number of fused-ring (bicyclic) bond motifs is 18. The number of rotatable bonds is 3. The summed E-state index contributed by atoms with van der Waals surface area (Å²) in [5, 5.41) is 5.17. The maximum Gasteiger partial charge on any atom is 0.0726 e. The Morgan fingerprint density at radius 3 is 1.61 bits per heavy atom. The minimum absolute atomic E-state index is 0.129. The molecule has 4 aliphatic rings. The van der Waals surface area contributed by atoms with Crippen LogP contribution in [0.5, 0.6) is 0 Å².